The number of carbonyl (C=O) groups excluding carboxylic acids is 1. The summed E-state index contributed by atoms with van der Waals surface area (Å²) in [4.78, 5) is 17.1. The van der Waals surface area contributed by atoms with Crippen LogP contribution in [0.5, 0.6) is 11.5 Å². The number of nitrogens with one attached hydrogen (secondary N) is 1. The highest BCUT2D eigenvalue weighted by atomic mass is 16.5. The van der Waals surface area contributed by atoms with Crippen LogP contribution in [0.15, 0.2) is 53.7 Å². The van der Waals surface area contributed by atoms with E-state index in [1.165, 1.54) is 7.11 Å². The molecule has 1 aliphatic rings. The number of ether oxygens (including phenoxy) is 1. The third-order valence-electron chi connectivity index (χ3n) is 4.73. The van der Waals surface area contributed by atoms with Gasteiger partial charge in [0.1, 0.15) is 0 Å². The predicted molar refractivity (Wildman–Crippen MR) is 99.5 cm³/mol. The van der Waals surface area contributed by atoms with Crippen LogP contribution in [-0.4, -0.2) is 27.6 Å². The second-order valence-electron chi connectivity index (χ2n) is 6.35. The quantitative estimate of drug-likeness (QED) is 0.755. The van der Waals surface area contributed by atoms with Crippen LogP contribution in [0.25, 0.3) is 11.0 Å². The van der Waals surface area contributed by atoms with Gasteiger partial charge < -0.3 is 15.2 Å². The van der Waals surface area contributed by atoms with Gasteiger partial charge in [-0.2, -0.15) is 0 Å². The van der Waals surface area contributed by atoms with Crippen LogP contribution >= 0.6 is 0 Å². The number of benzene rings is 2. The van der Waals surface area contributed by atoms with Crippen molar-refractivity contribution in [3.63, 3.8) is 0 Å². The van der Waals surface area contributed by atoms with Crippen molar-refractivity contribution in [2.45, 2.75) is 19.9 Å². The summed E-state index contributed by atoms with van der Waals surface area (Å²) >= 11 is 0. The van der Waals surface area contributed by atoms with E-state index in [-0.39, 0.29) is 17.6 Å². The van der Waals surface area contributed by atoms with Crippen LogP contribution in [0.1, 0.15) is 25.5 Å². The Kier molecular flexibility index (Phi) is 3.68. The first-order chi connectivity index (χ1) is 12.5. The fraction of sp³-hybridized carbons (Fsp3) is 0.200. The predicted octanol–water partition coefficient (Wildman–Crippen LogP) is 3.63. The molecule has 0 saturated heterocycles. The molecule has 0 amide bonds. The number of aromatic hydroxyl groups is 1. The molecule has 0 bridgehead atoms. The van der Waals surface area contributed by atoms with E-state index in [2.05, 4.69) is 10.3 Å². The molecule has 2 N–H and O–H groups in total. The topological polar surface area (TPSA) is 76.4 Å². The van der Waals surface area contributed by atoms with Crippen LogP contribution in [0, 0.1) is 0 Å². The van der Waals surface area contributed by atoms with Gasteiger partial charge in [-0.1, -0.05) is 18.2 Å². The average Bonchev–Trinajstić information content (AvgIpc) is 2.98. The molecule has 3 aromatic rings. The number of Topliss-reactive ketones (excluding diaryl/α,β-unsaturated/α-hetero) is 1. The molecule has 0 saturated carbocycles. The van der Waals surface area contributed by atoms with Gasteiger partial charge in [0.2, 0.25) is 5.95 Å². The summed E-state index contributed by atoms with van der Waals surface area (Å²) in [6.07, 6.45) is 0. The number of anilines is 1. The van der Waals surface area contributed by atoms with Gasteiger partial charge in [0.15, 0.2) is 17.3 Å². The van der Waals surface area contributed by atoms with E-state index in [9.17, 15) is 9.90 Å². The summed E-state index contributed by atoms with van der Waals surface area (Å²) in [5, 5.41) is 13.2. The molecule has 132 valence electrons. The van der Waals surface area contributed by atoms with Crippen molar-refractivity contribution >= 4 is 22.8 Å². The average molecular weight is 349 g/mol. The second-order valence-corrected chi connectivity index (χ2v) is 6.35. The lowest BCUT2D eigenvalue weighted by Gasteiger charge is -2.30. The Morgan fingerprint density at radius 3 is 2.77 bits per heavy atom. The molecule has 26 heavy (non-hydrogen) atoms. The molecule has 0 fully saturated rings. The number of phenols is 1. The third kappa shape index (κ3) is 2.34. The fourth-order valence-corrected chi connectivity index (χ4v) is 3.60. The minimum absolute atomic E-state index is 0.0181. The first-order valence-electron chi connectivity index (χ1n) is 8.34. The highest BCUT2D eigenvalue weighted by molar-refractivity contribution is 5.97. The molecule has 6 heteroatoms. The number of ketones is 1. The first kappa shape index (κ1) is 16.2. The molecule has 2 heterocycles. The lowest BCUT2D eigenvalue weighted by molar-refractivity contribution is -0.114. The standard InChI is InChI=1S/C20H19N3O3/c1-11-18(12(2)24)19(13-8-9-16(25)17(10-13)26-3)23-15-7-5-4-6-14(15)22-20(23)21-11/h4-10,19,25H,1-3H3,(H,21,22). The van der Waals surface area contributed by atoms with E-state index in [1.54, 1.807) is 19.1 Å². The molecule has 4 rings (SSSR count). The maximum atomic E-state index is 12.5. The monoisotopic (exact) mass is 349 g/mol. The Balaban J connectivity index is 2.02. The van der Waals surface area contributed by atoms with Gasteiger partial charge in [0, 0.05) is 11.3 Å². The zero-order valence-corrected chi connectivity index (χ0v) is 14.8. The van der Waals surface area contributed by atoms with Crippen LogP contribution in [-0.2, 0) is 4.79 Å². The number of aromatic nitrogens is 2. The number of imidazole rings is 1. The molecular formula is C20H19N3O3. The molecule has 1 atom stereocenters. The normalized spacial score (nSPS) is 16.3. The van der Waals surface area contributed by atoms with E-state index in [0.717, 1.165) is 22.3 Å². The van der Waals surface area contributed by atoms with Gasteiger partial charge in [-0.3, -0.25) is 9.36 Å². The minimum Gasteiger partial charge on any atom is -0.504 e. The van der Waals surface area contributed by atoms with Gasteiger partial charge in [0.25, 0.3) is 0 Å². The number of carbonyl (C=O) groups is 1. The Labute approximate surface area is 150 Å². The maximum Gasteiger partial charge on any atom is 0.209 e. The largest absolute Gasteiger partial charge is 0.504 e. The molecular weight excluding hydrogens is 330 g/mol. The van der Waals surface area contributed by atoms with Gasteiger partial charge in [-0.15, -0.1) is 0 Å². The van der Waals surface area contributed by atoms with E-state index in [4.69, 9.17) is 4.74 Å². The van der Waals surface area contributed by atoms with E-state index in [1.807, 2.05) is 41.8 Å². The molecule has 0 aliphatic carbocycles. The van der Waals surface area contributed by atoms with Crippen molar-refractivity contribution in [1.29, 1.82) is 0 Å². The molecule has 0 spiro atoms. The molecule has 1 unspecified atom stereocenters. The number of allylic oxidation sites excluding steroid dienone is 2. The van der Waals surface area contributed by atoms with Crippen molar-refractivity contribution < 1.29 is 14.6 Å². The Bertz CT molecular complexity index is 1070. The number of hydrogen-bond donors (Lipinski definition) is 2. The summed E-state index contributed by atoms with van der Waals surface area (Å²) in [7, 11) is 1.51. The number of nitrogens with zero attached hydrogens (tertiary/aromatic N) is 2. The Morgan fingerprint density at radius 2 is 2.04 bits per heavy atom. The molecule has 6 nitrogen and oxygen atoms in total. The highest BCUT2D eigenvalue weighted by Crippen LogP contribution is 2.41. The number of hydrogen-bond acceptors (Lipinski definition) is 5. The maximum absolute atomic E-state index is 12.5. The lowest BCUT2D eigenvalue weighted by atomic mass is 9.92. The zero-order chi connectivity index (χ0) is 18.4. The van der Waals surface area contributed by atoms with Crippen LogP contribution in [0.3, 0.4) is 0 Å². The third-order valence-corrected chi connectivity index (χ3v) is 4.73. The zero-order valence-electron chi connectivity index (χ0n) is 14.8. The van der Waals surface area contributed by atoms with Gasteiger partial charge in [-0.25, -0.2) is 4.98 Å². The van der Waals surface area contributed by atoms with Crippen molar-refractivity contribution in [3.8, 4) is 11.5 Å². The van der Waals surface area contributed by atoms with E-state index in [0.29, 0.717) is 17.3 Å². The smallest absolute Gasteiger partial charge is 0.209 e. The van der Waals surface area contributed by atoms with Crippen LogP contribution < -0.4 is 10.1 Å². The number of methoxy groups -OCH3 is 1. The highest BCUT2D eigenvalue weighted by Gasteiger charge is 2.32. The molecule has 1 aromatic heterocycles. The summed E-state index contributed by atoms with van der Waals surface area (Å²) in [5.74, 6) is 1.10. The van der Waals surface area contributed by atoms with E-state index >= 15 is 0 Å². The second kappa shape index (κ2) is 5.91. The fourth-order valence-electron chi connectivity index (χ4n) is 3.60. The van der Waals surface area contributed by atoms with Crippen LogP contribution in [0.2, 0.25) is 0 Å². The first-order valence-corrected chi connectivity index (χ1v) is 8.34. The van der Waals surface area contributed by atoms with Gasteiger partial charge in [0.05, 0.1) is 24.2 Å². The van der Waals surface area contributed by atoms with E-state index < -0.39 is 0 Å². The van der Waals surface area contributed by atoms with Crippen molar-refractivity contribution in [1.82, 2.24) is 9.55 Å². The van der Waals surface area contributed by atoms with Crippen molar-refractivity contribution in [2.24, 2.45) is 0 Å². The van der Waals surface area contributed by atoms with Gasteiger partial charge in [-0.05, 0) is 43.7 Å². The lowest BCUT2D eigenvalue weighted by Crippen LogP contribution is -2.27. The number of para-hydroxylation sites is 2. The number of rotatable bonds is 3. The minimum atomic E-state index is -0.356. The Morgan fingerprint density at radius 1 is 1.27 bits per heavy atom. The summed E-state index contributed by atoms with van der Waals surface area (Å²) in [5.41, 5.74) is 4.06. The molecule has 0 radical (unpaired) electrons. The summed E-state index contributed by atoms with van der Waals surface area (Å²) in [6, 6.07) is 12.6. The summed E-state index contributed by atoms with van der Waals surface area (Å²) in [6.45, 7) is 3.44. The van der Waals surface area contributed by atoms with Crippen LogP contribution in [0.4, 0.5) is 5.95 Å². The number of phenolic OH excluding ortho intramolecular Hbond substituents is 1. The van der Waals surface area contributed by atoms with Gasteiger partial charge >= 0.3 is 0 Å². The van der Waals surface area contributed by atoms with Crippen molar-refractivity contribution in [2.75, 3.05) is 12.4 Å². The molecule has 2 aromatic carbocycles. The molecule has 1 aliphatic heterocycles. The SMILES string of the molecule is COc1cc(C2C(C(C)=O)=C(C)Nc3nc4ccccc4n32)ccc1O. The van der Waals surface area contributed by atoms with Crippen molar-refractivity contribution in [3.05, 3.63) is 59.3 Å². The summed E-state index contributed by atoms with van der Waals surface area (Å²) < 4.78 is 7.28. The number of fused-ring (bicyclic) bond motifs is 3. The Hall–Kier alpha value is -3.28.